The number of esters is 1. The third-order valence-electron chi connectivity index (χ3n) is 5.11. The lowest BCUT2D eigenvalue weighted by Crippen LogP contribution is -2.39. The molecule has 172 valence electrons. The lowest BCUT2D eigenvalue weighted by molar-refractivity contribution is -0.148. The van der Waals surface area contributed by atoms with E-state index in [0.717, 1.165) is 22.4 Å². The van der Waals surface area contributed by atoms with Gasteiger partial charge < -0.3 is 19.9 Å². The van der Waals surface area contributed by atoms with E-state index in [4.69, 9.17) is 14.6 Å². The third-order valence-corrected chi connectivity index (χ3v) is 5.11. The number of carboxylic acids is 1. The number of carbonyl (C=O) groups is 3. The number of amides is 1. The van der Waals surface area contributed by atoms with Gasteiger partial charge in [-0.3, -0.25) is 14.4 Å². The van der Waals surface area contributed by atoms with Crippen LogP contribution >= 0.6 is 0 Å². The molecule has 2 aromatic carbocycles. The van der Waals surface area contributed by atoms with Crippen LogP contribution in [0.4, 0.5) is 0 Å². The van der Waals surface area contributed by atoms with E-state index in [0.29, 0.717) is 19.4 Å². The van der Waals surface area contributed by atoms with Gasteiger partial charge in [0.05, 0.1) is 26.1 Å². The van der Waals surface area contributed by atoms with Crippen LogP contribution in [0.1, 0.15) is 38.7 Å². The molecule has 7 nitrogen and oxygen atoms in total. The summed E-state index contributed by atoms with van der Waals surface area (Å²) in [5, 5.41) is 11.7. The average Bonchev–Trinajstić information content (AvgIpc) is 2.78. The van der Waals surface area contributed by atoms with Gasteiger partial charge in [0.15, 0.2) is 0 Å². The zero-order valence-electron chi connectivity index (χ0n) is 18.8. The third kappa shape index (κ3) is 7.72. The Morgan fingerprint density at radius 3 is 2.34 bits per heavy atom. The fourth-order valence-electron chi connectivity index (χ4n) is 3.51. The number of rotatable bonds is 12. The maximum Gasteiger partial charge on any atom is 0.308 e. The number of nitrogens with one attached hydrogen (secondary N) is 1. The number of hydrogen-bond donors (Lipinski definition) is 2. The van der Waals surface area contributed by atoms with Crippen LogP contribution in [0.25, 0.3) is 11.1 Å². The van der Waals surface area contributed by atoms with Gasteiger partial charge in [0.25, 0.3) is 0 Å². The molecule has 0 saturated heterocycles. The van der Waals surface area contributed by atoms with Gasteiger partial charge in [0.1, 0.15) is 5.75 Å². The van der Waals surface area contributed by atoms with E-state index in [1.807, 2.05) is 48.5 Å². The molecular weight excluding hydrogens is 410 g/mol. The normalized spacial score (nSPS) is 12.5. The monoisotopic (exact) mass is 441 g/mol. The van der Waals surface area contributed by atoms with E-state index in [1.165, 1.54) is 0 Å². The molecule has 2 atom stereocenters. The Kier molecular flexibility index (Phi) is 9.73. The van der Waals surface area contributed by atoms with Gasteiger partial charge in [-0.05, 0) is 37.0 Å². The topological polar surface area (TPSA) is 102 Å². The van der Waals surface area contributed by atoms with Crippen LogP contribution in [0.3, 0.4) is 0 Å². The van der Waals surface area contributed by atoms with Crippen molar-refractivity contribution in [2.75, 3.05) is 13.7 Å². The predicted octanol–water partition coefficient (Wildman–Crippen LogP) is 3.84. The van der Waals surface area contributed by atoms with Crippen LogP contribution in [0.2, 0.25) is 0 Å². The highest BCUT2D eigenvalue weighted by atomic mass is 16.5. The summed E-state index contributed by atoms with van der Waals surface area (Å²) in [6, 6.07) is 15.4. The first-order valence-electron chi connectivity index (χ1n) is 10.7. The first kappa shape index (κ1) is 24.9. The van der Waals surface area contributed by atoms with Gasteiger partial charge in [-0.1, -0.05) is 49.4 Å². The highest BCUT2D eigenvalue weighted by Gasteiger charge is 2.22. The van der Waals surface area contributed by atoms with Crippen molar-refractivity contribution in [2.45, 2.75) is 45.6 Å². The van der Waals surface area contributed by atoms with Crippen LogP contribution in [-0.2, 0) is 25.5 Å². The molecule has 2 rings (SSSR count). The van der Waals surface area contributed by atoms with E-state index in [9.17, 15) is 14.4 Å². The van der Waals surface area contributed by atoms with Gasteiger partial charge in [-0.2, -0.15) is 0 Å². The lowest BCUT2D eigenvalue weighted by Gasteiger charge is -2.22. The van der Waals surface area contributed by atoms with E-state index in [2.05, 4.69) is 5.32 Å². The molecule has 0 saturated carbocycles. The van der Waals surface area contributed by atoms with Crippen molar-refractivity contribution < 1.29 is 29.0 Å². The maximum absolute atomic E-state index is 12.2. The van der Waals surface area contributed by atoms with Crippen molar-refractivity contribution in [3.05, 3.63) is 54.1 Å². The second-order valence-electron chi connectivity index (χ2n) is 7.65. The first-order valence-corrected chi connectivity index (χ1v) is 10.7. The van der Waals surface area contributed by atoms with Crippen molar-refractivity contribution in [1.29, 1.82) is 0 Å². The molecule has 0 aliphatic rings. The molecule has 0 radical (unpaired) electrons. The second kappa shape index (κ2) is 12.5. The minimum atomic E-state index is -1.02. The molecule has 1 amide bonds. The van der Waals surface area contributed by atoms with Gasteiger partial charge in [0, 0.05) is 18.0 Å². The number of hydrogen-bond acceptors (Lipinski definition) is 5. The van der Waals surface area contributed by atoms with Crippen LogP contribution in [0.5, 0.6) is 5.75 Å². The standard InChI is InChI=1S/C25H31NO6/c1-4-32-25(30)17(2)15-20(26-23(27)13-14-24(28)29)16-18-9-11-19(12-10-18)21-7-5-6-8-22(21)31-3/h5-12,17,20H,4,13-16H2,1-3H3,(H,26,27)(H,28,29)/t17?,20-/m0/s1. The Morgan fingerprint density at radius 2 is 1.72 bits per heavy atom. The molecule has 7 heteroatoms. The smallest absolute Gasteiger partial charge is 0.308 e. The van der Waals surface area contributed by atoms with Crippen molar-refractivity contribution in [3.63, 3.8) is 0 Å². The predicted molar refractivity (Wildman–Crippen MR) is 121 cm³/mol. The SMILES string of the molecule is CCOC(=O)C(C)C[C@@H](Cc1ccc(-c2ccccc2OC)cc1)NC(=O)CCC(=O)O. The quantitative estimate of drug-likeness (QED) is 0.485. The summed E-state index contributed by atoms with van der Waals surface area (Å²) < 4.78 is 10.5. The molecule has 0 spiro atoms. The Bertz CT molecular complexity index is 909. The second-order valence-corrected chi connectivity index (χ2v) is 7.65. The van der Waals surface area contributed by atoms with Crippen molar-refractivity contribution in [1.82, 2.24) is 5.32 Å². The van der Waals surface area contributed by atoms with E-state index < -0.39 is 11.9 Å². The fourth-order valence-corrected chi connectivity index (χ4v) is 3.51. The van der Waals surface area contributed by atoms with E-state index >= 15 is 0 Å². The molecule has 0 aliphatic heterocycles. The Balaban J connectivity index is 2.13. The number of aliphatic carboxylic acids is 1. The highest BCUT2D eigenvalue weighted by molar-refractivity contribution is 5.81. The minimum absolute atomic E-state index is 0.105. The van der Waals surface area contributed by atoms with Crippen molar-refractivity contribution in [2.24, 2.45) is 5.92 Å². The molecular formula is C25H31NO6. The average molecular weight is 442 g/mol. The molecule has 0 fully saturated rings. The number of para-hydroxylation sites is 1. The molecule has 0 heterocycles. The number of ether oxygens (including phenoxy) is 2. The summed E-state index contributed by atoms with van der Waals surface area (Å²) in [7, 11) is 1.63. The summed E-state index contributed by atoms with van der Waals surface area (Å²) in [5.41, 5.74) is 2.98. The minimum Gasteiger partial charge on any atom is -0.496 e. The summed E-state index contributed by atoms with van der Waals surface area (Å²) in [4.78, 5) is 35.1. The van der Waals surface area contributed by atoms with Crippen LogP contribution in [-0.4, -0.2) is 42.7 Å². The van der Waals surface area contributed by atoms with Gasteiger partial charge in [-0.15, -0.1) is 0 Å². The number of carboxylic acid groups (broad SMARTS) is 1. The lowest BCUT2D eigenvalue weighted by atomic mass is 9.94. The summed E-state index contributed by atoms with van der Waals surface area (Å²) in [6.45, 7) is 3.81. The Labute approximate surface area is 188 Å². The fraction of sp³-hybridized carbons (Fsp3) is 0.400. The largest absolute Gasteiger partial charge is 0.496 e. The molecule has 32 heavy (non-hydrogen) atoms. The molecule has 0 aliphatic carbocycles. The zero-order valence-corrected chi connectivity index (χ0v) is 18.8. The molecule has 1 unspecified atom stereocenters. The van der Waals surface area contributed by atoms with Crippen molar-refractivity contribution in [3.8, 4) is 16.9 Å². The van der Waals surface area contributed by atoms with E-state index in [-0.39, 0.29) is 30.8 Å². The first-order chi connectivity index (χ1) is 15.3. The number of carbonyl (C=O) groups excluding carboxylic acids is 2. The van der Waals surface area contributed by atoms with Gasteiger partial charge in [0.2, 0.25) is 5.91 Å². The molecule has 2 N–H and O–H groups in total. The molecule has 0 aromatic heterocycles. The molecule has 0 bridgehead atoms. The van der Waals surface area contributed by atoms with Crippen LogP contribution in [0.15, 0.2) is 48.5 Å². The Hall–Kier alpha value is -3.35. The van der Waals surface area contributed by atoms with Crippen LogP contribution in [0, 0.1) is 5.92 Å². The summed E-state index contributed by atoms with van der Waals surface area (Å²) in [6.07, 6.45) is 0.562. The van der Waals surface area contributed by atoms with Gasteiger partial charge in [-0.25, -0.2) is 0 Å². The van der Waals surface area contributed by atoms with E-state index in [1.54, 1.807) is 21.0 Å². The number of methoxy groups -OCH3 is 1. The van der Waals surface area contributed by atoms with Crippen LogP contribution < -0.4 is 10.1 Å². The zero-order chi connectivity index (χ0) is 23.5. The summed E-state index contributed by atoms with van der Waals surface area (Å²) >= 11 is 0. The van der Waals surface area contributed by atoms with Crippen molar-refractivity contribution >= 4 is 17.8 Å². The summed E-state index contributed by atoms with van der Waals surface area (Å²) in [5.74, 6) is -1.30. The highest BCUT2D eigenvalue weighted by Crippen LogP contribution is 2.29. The number of benzene rings is 2. The van der Waals surface area contributed by atoms with Gasteiger partial charge >= 0.3 is 11.9 Å². The molecule has 2 aromatic rings. The Morgan fingerprint density at radius 1 is 1.03 bits per heavy atom. The maximum atomic E-state index is 12.2.